The van der Waals surface area contributed by atoms with E-state index in [0.717, 1.165) is 16.8 Å². The summed E-state index contributed by atoms with van der Waals surface area (Å²) >= 11 is 1.29. The lowest BCUT2D eigenvalue weighted by Gasteiger charge is -2.20. The summed E-state index contributed by atoms with van der Waals surface area (Å²) in [5, 5.41) is 7.65. The minimum atomic E-state index is -0.917. The molecule has 190 valence electrons. The van der Waals surface area contributed by atoms with E-state index < -0.39 is 23.6 Å². The lowest BCUT2D eigenvalue weighted by atomic mass is 10.1. The summed E-state index contributed by atoms with van der Waals surface area (Å²) in [5.74, 6) is -0.800. The van der Waals surface area contributed by atoms with Gasteiger partial charge >= 0.3 is 12.1 Å². The molecule has 0 saturated carbocycles. The van der Waals surface area contributed by atoms with Crippen molar-refractivity contribution in [3.8, 4) is 11.3 Å². The van der Waals surface area contributed by atoms with Gasteiger partial charge in [0.2, 0.25) is 5.91 Å². The van der Waals surface area contributed by atoms with Gasteiger partial charge in [0.25, 0.3) is 0 Å². The number of thiazole rings is 1. The SMILES string of the molecule is CC(C)(C)OC(=O)CCC[C@H](NC(=O)OCc1ccccc1)C(=O)Nc1nc(-c2ccccc2)cs1. The quantitative estimate of drug-likeness (QED) is 0.347. The lowest BCUT2D eigenvalue weighted by molar-refractivity contribution is -0.155. The molecule has 1 heterocycles. The van der Waals surface area contributed by atoms with Crippen LogP contribution in [-0.2, 0) is 25.7 Å². The predicted octanol–water partition coefficient (Wildman–Crippen LogP) is 5.56. The summed E-state index contributed by atoms with van der Waals surface area (Å²) in [4.78, 5) is 42.0. The van der Waals surface area contributed by atoms with Crippen LogP contribution in [-0.4, -0.2) is 34.6 Å². The molecular formula is C27H31N3O5S. The first-order valence-corrected chi connectivity index (χ1v) is 12.6. The first-order chi connectivity index (χ1) is 17.2. The molecule has 1 aromatic heterocycles. The number of anilines is 1. The zero-order valence-electron chi connectivity index (χ0n) is 20.7. The molecule has 0 unspecified atom stereocenters. The van der Waals surface area contributed by atoms with Gasteiger partial charge in [0.15, 0.2) is 5.13 Å². The first kappa shape index (κ1) is 26.9. The van der Waals surface area contributed by atoms with Crippen LogP contribution >= 0.6 is 11.3 Å². The number of esters is 1. The fourth-order valence-electron chi connectivity index (χ4n) is 3.28. The van der Waals surface area contributed by atoms with Crippen LogP contribution in [0.1, 0.15) is 45.6 Å². The molecule has 0 saturated heterocycles. The second-order valence-electron chi connectivity index (χ2n) is 9.13. The molecule has 0 fully saturated rings. The molecule has 1 atom stereocenters. The molecule has 0 bridgehead atoms. The minimum Gasteiger partial charge on any atom is -0.460 e. The molecule has 2 aromatic carbocycles. The van der Waals surface area contributed by atoms with Crippen molar-refractivity contribution in [2.75, 3.05) is 5.32 Å². The minimum absolute atomic E-state index is 0.0752. The van der Waals surface area contributed by atoms with E-state index in [2.05, 4.69) is 15.6 Å². The number of carbonyl (C=O) groups excluding carboxylic acids is 3. The van der Waals surface area contributed by atoms with Gasteiger partial charge in [-0.25, -0.2) is 9.78 Å². The van der Waals surface area contributed by atoms with Gasteiger partial charge < -0.3 is 20.1 Å². The predicted molar refractivity (Wildman–Crippen MR) is 139 cm³/mol. The van der Waals surface area contributed by atoms with Crippen molar-refractivity contribution >= 4 is 34.4 Å². The summed E-state index contributed by atoms with van der Waals surface area (Å²) in [6.07, 6.45) is -0.0287. The van der Waals surface area contributed by atoms with Crippen molar-refractivity contribution < 1.29 is 23.9 Å². The van der Waals surface area contributed by atoms with Crippen LogP contribution in [0.3, 0.4) is 0 Å². The Morgan fingerprint density at radius 2 is 1.67 bits per heavy atom. The summed E-state index contributed by atoms with van der Waals surface area (Å²) in [5.41, 5.74) is 1.92. The Bertz CT molecular complexity index is 1140. The molecule has 3 aromatic rings. The number of benzene rings is 2. The van der Waals surface area contributed by atoms with Crippen molar-refractivity contribution in [2.45, 2.75) is 58.3 Å². The molecule has 8 nitrogen and oxygen atoms in total. The maximum absolute atomic E-state index is 13.0. The Hall–Kier alpha value is -3.72. The highest BCUT2D eigenvalue weighted by molar-refractivity contribution is 7.14. The van der Waals surface area contributed by atoms with Gasteiger partial charge in [-0.05, 0) is 39.2 Å². The van der Waals surface area contributed by atoms with Gasteiger partial charge in [-0.1, -0.05) is 60.7 Å². The maximum Gasteiger partial charge on any atom is 0.408 e. The molecule has 2 N–H and O–H groups in total. The summed E-state index contributed by atoms with van der Waals surface area (Å²) in [6.45, 7) is 5.46. The Morgan fingerprint density at radius 1 is 1.00 bits per heavy atom. The molecule has 3 rings (SSSR count). The van der Waals surface area contributed by atoms with Gasteiger partial charge in [-0.15, -0.1) is 11.3 Å². The average Bonchev–Trinajstić information content (AvgIpc) is 3.30. The number of hydrogen-bond acceptors (Lipinski definition) is 7. The Balaban J connectivity index is 1.61. The van der Waals surface area contributed by atoms with Crippen LogP contribution in [0.5, 0.6) is 0 Å². The number of alkyl carbamates (subject to hydrolysis) is 1. The molecule has 0 spiro atoms. The number of amides is 2. The smallest absolute Gasteiger partial charge is 0.408 e. The molecule has 0 aliphatic heterocycles. The molecule has 2 amide bonds. The lowest BCUT2D eigenvalue weighted by Crippen LogP contribution is -2.44. The number of hydrogen-bond donors (Lipinski definition) is 2. The molecule has 0 radical (unpaired) electrons. The molecule has 9 heteroatoms. The highest BCUT2D eigenvalue weighted by Crippen LogP contribution is 2.25. The van der Waals surface area contributed by atoms with E-state index >= 15 is 0 Å². The third kappa shape index (κ3) is 9.14. The van der Waals surface area contributed by atoms with Crippen molar-refractivity contribution in [3.63, 3.8) is 0 Å². The van der Waals surface area contributed by atoms with Crippen molar-refractivity contribution in [1.29, 1.82) is 0 Å². The largest absolute Gasteiger partial charge is 0.460 e. The van der Waals surface area contributed by atoms with Crippen LogP contribution < -0.4 is 10.6 Å². The third-order valence-electron chi connectivity index (χ3n) is 4.92. The molecule has 0 aliphatic carbocycles. The molecule has 36 heavy (non-hydrogen) atoms. The zero-order valence-corrected chi connectivity index (χ0v) is 21.5. The van der Waals surface area contributed by atoms with Gasteiger partial charge in [0.05, 0.1) is 5.69 Å². The highest BCUT2D eigenvalue weighted by Gasteiger charge is 2.24. The Kier molecular flexibility index (Phi) is 9.58. The summed E-state index contributed by atoms with van der Waals surface area (Å²) in [7, 11) is 0. The van der Waals surface area contributed by atoms with E-state index in [4.69, 9.17) is 9.47 Å². The van der Waals surface area contributed by atoms with Crippen LogP contribution in [0.2, 0.25) is 0 Å². The van der Waals surface area contributed by atoms with Crippen LogP contribution in [0, 0.1) is 0 Å². The summed E-state index contributed by atoms with van der Waals surface area (Å²) < 4.78 is 10.6. The fraction of sp³-hybridized carbons (Fsp3) is 0.333. The number of ether oxygens (including phenoxy) is 2. The van der Waals surface area contributed by atoms with E-state index in [9.17, 15) is 14.4 Å². The van der Waals surface area contributed by atoms with Crippen molar-refractivity contribution in [1.82, 2.24) is 10.3 Å². The maximum atomic E-state index is 13.0. The first-order valence-electron chi connectivity index (χ1n) is 11.7. The van der Waals surface area contributed by atoms with Gasteiger partial charge in [-0.3, -0.25) is 9.59 Å². The van der Waals surface area contributed by atoms with Crippen molar-refractivity contribution in [3.05, 3.63) is 71.6 Å². The normalized spacial score (nSPS) is 11.9. The van der Waals surface area contributed by atoms with Gasteiger partial charge in [0.1, 0.15) is 18.2 Å². The average molecular weight is 510 g/mol. The van der Waals surface area contributed by atoms with E-state index in [0.29, 0.717) is 11.6 Å². The van der Waals surface area contributed by atoms with Gasteiger partial charge in [-0.2, -0.15) is 0 Å². The number of rotatable bonds is 10. The van der Waals surface area contributed by atoms with E-state index in [1.807, 2.05) is 66.0 Å². The Labute approximate surface area is 215 Å². The van der Waals surface area contributed by atoms with E-state index in [1.165, 1.54) is 11.3 Å². The van der Waals surface area contributed by atoms with E-state index in [1.54, 1.807) is 20.8 Å². The Morgan fingerprint density at radius 3 is 2.33 bits per heavy atom. The molecular weight excluding hydrogens is 478 g/mol. The second-order valence-corrected chi connectivity index (χ2v) is 9.99. The number of carbonyl (C=O) groups is 3. The monoisotopic (exact) mass is 509 g/mol. The third-order valence-corrected chi connectivity index (χ3v) is 5.68. The van der Waals surface area contributed by atoms with Crippen LogP contribution in [0.25, 0.3) is 11.3 Å². The number of nitrogens with one attached hydrogen (secondary N) is 2. The van der Waals surface area contributed by atoms with E-state index in [-0.39, 0.29) is 25.4 Å². The van der Waals surface area contributed by atoms with Crippen LogP contribution in [0.15, 0.2) is 66.0 Å². The zero-order chi connectivity index (χ0) is 26.0. The second kappa shape index (κ2) is 12.8. The topological polar surface area (TPSA) is 107 Å². The van der Waals surface area contributed by atoms with Crippen LogP contribution in [0.4, 0.5) is 9.93 Å². The number of aromatic nitrogens is 1. The fourth-order valence-corrected chi connectivity index (χ4v) is 4.01. The number of nitrogens with zero attached hydrogens (tertiary/aromatic N) is 1. The van der Waals surface area contributed by atoms with Crippen molar-refractivity contribution in [2.24, 2.45) is 0 Å². The molecule has 0 aliphatic rings. The standard InChI is InChI=1S/C27H31N3O5S/c1-27(2,3)35-23(31)16-10-15-21(29-26(33)34-17-19-11-6-4-7-12-19)24(32)30-25-28-22(18-36-25)20-13-8-5-9-14-20/h4-9,11-14,18,21H,10,15-17H2,1-3H3,(H,29,33)(H,28,30,32)/t21-/m0/s1. The summed E-state index contributed by atoms with van der Waals surface area (Å²) in [6, 6.07) is 17.9. The van der Waals surface area contributed by atoms with Gasteiger partial charge in [0, 0.05) is 17.4 Å². The highest BCUT2D eigenvalue weighted by atomic mass is 32.1.